The highest BCUT2D eigenvalue weighted by molar-refractivity contribution is 5.23. The van der Waals surface area contributed by atoms with Crippen molar-refractivity contribution in [1.29, 1.82) is 0 Å². The second-order valence-electron chi connectivity index (χ2n) is 6.20. The zero-order chi connectivity index (χ0) is 13.0. The Bertz CT molecular complexity index is 553. The van der Waals surface area contributed by atoms with Gasteiger partial charge in [0.1, 0.15) is 5.82 Å². The molecule has 3 aliphatic heterocycles. The molecule has 19 heavy (non-hydrogen) atoms. The van der Waals surface area contributed by atoms with Crippen LogP contribution in [0.2, 0.25) is 0 Å². The van der Waals surface area contributed by atoms with Crippen LogP contribution in [0.15, 0.2) is 4.79 Å². The van der Waals surface area contributed by atoms with E-state index in [1.807, 2.05) is 0 Å². The molecule has 0 aromatic carbocycles. The van der Waals surface area contributed by atoms with Crippen molar-refractivity contribution in [2.45, 2.75) is 56.8 Å². The van der Waals surface area contributed by atoms with Gasteiger partial charge in [0.2, 0.25) is 0 Å². The monoisotopic (exact) mass is 260 g/mol. The molecule has 2 fully saturated rings. The number of aromatic nitrogens is 2. The smallest absolute Gasteiger partial charge is 0.255 e. The number of nitrogens with one attached hydrogen (secondary N) is 2. The summed E-state index contributed by atoms with van der Waals surface area (Å²) in [7, 11) is 2.24. The predicted molar refractivity (Wildman–Crippen MR) is 71.9 cm³/mol. The average molecular weight is 260 g/mol. The molecule has 4 rings (SSSR count). The summed E-state index contributed by atoms with van der Waals surface area (Å²) >= 11 is 0. The van der Waals surface area contributed by atoms with Gasteiger partial charge in [-0.3, -0.25) is 4.79 Å². The molecule has 0 radical (unpaired) electrons. The van der Waals surface area contributed by atoms with E-state index in [9.17, 15) is 4.79 Å². The highest BCUT2D eigenvalue weighted by atomic mass is 16.1. The lowest BCUT2D eigenvalue weighted by molar-refractivity contribution is 0.158. The van der Waals surface area contributed by atoms with Crippen LogP contribution in [0.4, 0.5) is 0 Å². The molecule has 1 aromatic rings. The molecule has 102 valence electrons. The minimum absolute atomic E-state index is 0.0660. The summed E-state index contributed by atoms with van der Waals surface area (Å²) in [6, 6.07) is 1.36. The fraction of sp³-hybridized carbons (Fsp3) is 0.714. The SMILES string of the molecule is CN1C2CCC1CC(c1nc3c(c(=O)[nH]1)CNC3)C2. The number of rotatable bonds is 1. The lowest BCUT2D eigenvalue weighted by Crippen LogP contribution is -2.39. The van der Waals surface area contributed by atoms with Crippen molar-refractivity contribution in [1.82, 2.24) is 20.2 Å². The van der Waals surface area contributed by atoms with Gasteiger partial charge in [0.05, 0.1) is 11.3 Å². The number of piperidine rings is 1. The van der Waals surface area contributed by atoms with Crippen LogP contribution >= 0.6 is 0 Å². The van der Waals surface area contributed by atoms with E-state index in [-0.39, 0.29) is 5.56 Å². The summed E-state index contributed by atoms with van der Waals surface area (Å²) in [5.41, 5.74) is 1.86. The molecule has 5 heteroatoms. The maximum Gasteiger partial charge on any atom is 0.255 e. The summed E-state index contributed by atoms with van der Waals surface area (Å²) in [6.07, 6.45) is 4.88. The molecule has 5 nitrogen and oxygen atoms in total. The molecule has 2 saturated heterocycles. The fourth-order valence-corrected chi connectivity index (χ4v) is 4.03. The third-order valence-electron chi connectivity index (χ3n) is 5.20. The standard InChI is InChI=1S/C14H20N4O/c1-18-9-2-3-10(18)5-8(4-9)13-16-12-7-15-6-11(12)14(19)17-13/h8-10,15H,2-7H2,1H3,(H,16,17,19). The van der Waals surface area contributed by atoms with Crippen molar-refractivity contribution in [2.75, 3.05) is 7.05 Å². The fourth-order valence-electron chi connectivity index (χ4n) is 4.03. The Hall–Kier alpha value is -1.20. The minimum atomic E-state index is 0.0660. The van der Waals surface area contributed by atoms with Crippen molar-refractivity contribution in [3.8, 4) is 0 Å². The van der Waals surface area contributed by atoms with Crippen molar-refractivity contribution < 1.29 is 0 Å². The molecule has 4 heterocycles. The number of hydrogen-bond acceptors (Lipinski definition) is 4. The highest BCUT2D eigenvalue weighted by Crippen LogP contribution is 2.40. The van der Waals surface area contributed by atoms with Gasteiger partial charge in [-0.25, -0.2) is 4.98 Å². The molecule has 2 unspecified atom stereocenters. The van der Waals surface area contributed by atoms with E-state index >= 15 is 0 Å². The van der Waals surface area contributed by atoms with Gasteiger partial charge in [-0.05, 0) is 32.7 Å². The molecule has 2 atom stereocenters. The normalized spacial score (nSPS) is 33.6. The van der Waals surface area contributed by atoms with Crippen LogP contribution in [0.1, 0.15) is 48.7 Å². The summed E-state index contributed by atoms with van der Waals surface area (Å²) in [4.78, 5) is 22.3. The van der Waals surface area contributed by atoms with Crippen LogP contribution in [-0.4, -0.2) is 34.0 Å². The van der Waals surface area contributed by atoms with E-state index in [1.165, 1.54) is 12.8 Å². The molecule has 2 N–H and O–H groups in total. The zero-order valence-electron chi connectivity index (χ0n) is 11.3. The van der Waals surface area contributed by atoms with E-state index in [1.54, 1.807) is 0 Å². The van der Waals surface area contributed by atoms with Gasteiger partial charge in [0.15, 0.2) is 0 Å². The second kappa shape index (κ2) is 4.15. The minimum Gasteiger partial charge on any atom is -0.310 e. The van der Waals surface area contributed by atoms with Crippen molar-refractivity contribution in [3.05, 3.63) is 27.4 Å². The van der Waals surface area contributed by atoms with E-state index in [2.05, 4.69) is 22.2 Å². The Morgan fingerprint density at radius 2 is 1.95 bits per heavy atom. The van der Waals surface area contributed by atoms with Crippen molar-refractivity contribution in [2.24, 2.45) is 0 Å². The first-order valence-electron chi connectivity index (χ1n) is 7.27. The highest BCUT2D eigenvalue weighted by Gasteiger charge is 2.39. The lowest BCUT2D eigenvalue weighted by atomic mass is 9.90. The number of hydrogen-bond donors (Lipinski definition) is 2. The van der Waals surface area contributed by atoms with Crippen LogP contribution in [0.25, 0.3) is 0 Å². The maximum atomic E-state index is 12.1. The van der Waals surface area contributed by atoms with Crippen LogP contribution in [0, 0.1) is 0 Å². The molecule has 0 amide bonds. The van der Waals surface area contributed by atoms with Crippen molar-refractivity contribution >= 4 is 0 Å². The van der Waals surface area contributed by atoms with Gasteiger partial charge in [0, 0.05) is 31.1 Å². The largest absolute Gasteiger partial charge is 0.310 e. The van der Waals surface area contributed by atoms with Gasteiger partial charge < -0.3 is 15.2 Å². The number of H-pyrrole nitrogens is 1. The first kappa shape index (κ1) is 11.6. The Labute approximate surface area is 112 Å². The second-order valence-corrected chi connectivity index (χ2v) is 6.20. The zero-order valence-corrected chi connectivity index (χ0v) is 11.3. The van der Waals surface area contributed by atoms with Crippen LogP contribution in [-0.2, 0) is 13.1 Å². The molecule has 0 saturated carbocycles. The van der Waals surface area contributed by atoms with Gasteiger partial charge in [-0.1, -0.05) is 0 Å². The van der Waals surface area contributed by atoms with Gasteiger partial charge >= 0.3 is 0 Å². The summed E-state index contributed by atoms with van der Waals surface area (Å²) in [5, 5.41) is 3.20. The lowest BCUT2D eigenvalue weighted by Gasteiger charge is -2.35. The third-order valence-corrected chi connectivity index (χ3v) is 5.20. The van der Waals surface area contributed by atoms with E-state index < -0.39 is 0 Å². The first-order chi connectivity index (χ1) is 9.22. The molecular formula is C14H20N4O. The molecule has 3 aliphatic rings. The third kappa shape index (κ3) is 1.75. The molecule has 0 aliphatic carbocycles. The number of fused-ring (bicyclic) bond motifs is 3. The van der Waals surface area contributed by atoms with E-state index in [0.29, 0.717) is 24.5 Å². The van der Waals surface area contributed by atoms with Crippen molar-refractivity contribution in [3.63, 3.8) is 0 Å². The topological polar surface area (TPSA) is 61.0 Å². The van der Waals surface area contributed by atoms with Gasteiger partial charge in [-0.2, -0.15) is 0 Å². The van der Waals surface area contributed by atoms with Crippen LogP contribution in [0.5, 0.6) is 0 Å². The Morgan fingerprint density at radius 1 is 1.21 bits per heavy atom. The van der Waals surface area contributed by atoms with Crippen LogP contribution < -0.4 is 10.9 Å². The summed E-state index contributed by atoms with van der Waals surface area (Å²) in [5.74, 6) is 1.37. The molecule has 1 aromatic heterocycles. The van der Waals surface area contributed by atoms with E-state index in [0.717, 1.165) is 36.5 Å². The maximum absolute atomic E-state index is 12.1. The molecular weight excluding hydrogens is 240 g/mol. The van der Waals surface area contributed by atoms with Gasteiger partial charge in [-0.15, -0.1) is 0 Å². The Kier molecular flexibility index (Phi) is 2.53. The average Bonchev–Trinajstić information content (AvgIpc) is 2.92. The molecule has 0 spiro atoms. The predicted octanol–water partition coefficient (Wildman–Crippen LogP) is 0.713. The van der Waals surface area contributed by atoms with Crippen LogP contribution in [0.3, 0.4) is 0 Å². The van der Waals surface area contributed by atoms with E-state index in [4.69, 9.17) is 4.98 Å². The number of aromatic amines is 1. The summed E-state index contributed by atoms with van der Waals surface area (Å²) in [6.45, 7) is 1.41. The Morgan fingerprint density at radius 3 is 2.68 bits per heavy atom. The Balaban J connectivity index is 1.67. The van der Waals surface area contributed by atoms with Gasteiger partial charge in [0.25, 0.3) is 5.56 Å². The number of nitrogens with zero attached hydrogens (tertiary/aromatic N) is 2. The molecule has 2 bridgehead atoms. The first-order valence-corrected chi connectivity index (χ1v) is 7.27. The quantitative estimate of drug-likeness (QED) is 0.781. The summed E-state index contributed by atoms with van der Waals surface area (Å²) < 4.78 is 0.